The predicted octanol–water partition coefficient (Wildman–Crippen LogP) is 4.07. The third-order valence-corrected chi connectivity index (χ3v) is 4.89. The van der Waals surface area contributed by atoms with E-state index in [1.54, 1.807) is 24.3 Å². The molecule has 0 aliphatic carbocycles. The van der Waals surface area contributed by atoms with Gasteiger partial charge in [0.2, 0.25) is 5.91 Å². The lowest BCUT2D eigenvalue weighted by molar-refractivity contribution is -0.139. The Labute approximate surface area is 172 Å². The average Bonchev–Trinajstić information content (AvgIpc) is 3.07. The summed E-state index contributed by atoms with van der Waals surface area (Å²) in [6.07, 6.45) is 4.07. The van der Waals surface area contributed by atoms with E-state index in [0.717, 1.165) is 16.6 Å². The van der Waals surface area contributed by atoms with E-state index in [0.29, 0.717) is 28.6 Å². The number of fused-ring (bicyclic) bond motifs is 3. The molecule has 3 aromatic carbocycles. The number of hydrogen-bond donors (Lipinski definition) is 2. The van der Waals surface area contributed by atoms with Gasteiger partial charge in [-0.15, -0.1) is 0 Å². The van der Waals surface area contributed by atoms with Crippen LogP contribution in [0.2, 0.25) is 0 Å². The summed E-state index contributed by atoms with van der Waals surface area (Å²) in [6, 6.07) is 20.8. The number of benzene rings is 3. The third-order valence-electron chi connectivity index (χ3n) is 4.89. The van der Waals surface area contributed by atoms with Crippen LogP contribution >= 0.6 is 0 Å². The predicted molar refractivity (Wildman–Crippen MR) is 117 cm³/mol. The van der Waals surface area contributed by atoms with Gasteiger partial charge in [0.1, 0.15) is 5.75 Å². The highest BCUT2D eigenvalue weighted by atomic mass is 16.5. The number of carboxylic acid groups (broad SMARTS) is 1. The number of aromatic nitrogens is 1. The topological polar surface area (TPSA) is 94.6 Å². The zero-order valence-electron chi connectivity index (χ0n) is 16.1. The highest BCUT2D eigenvalue weighted by molar-refractivity contribution is 6.19. The number of nitrogens with zero attached hydrogens (tertiary/aromatic N) is 1. The van der Waals surface area contributed by atoms with E-state index in [9.17, 15) is 9.59 Å². The number of amides is 1. The zero-order chi connectivity index (χ0) is 21.1. The Hall–Kier alpha value is -4.06. The molecule has 0 unspecified atom stereocenters. The summed E-state index contributed by atoms with van der Waals surface area (Å²) in [4.78, 5) is 23.1. The number of nitrogens with two attached hydrogens (primary N) is 1. The van der Waals surface area contributed by atoms with Gasteiger partial charge in [0.15, 0.2) is 6.61 Å². The number of carbonyl (C=O) groups is 2. The quantitative estimate of drug-likeness (QED) is 0.489. The maximum atomic E-state index is 12.1. The van der Waals surface area contributed by atoms with E-state index in [1.807, 2.05) is 54.6 Å². The minimum Gasteiger partial charge on any atom is -0.481 e. The molecule has 150 valence electrons. The lowest BCUT2D eigenvalue weighted by Crippen LogP contribution is -2.11. The zero-order valence-corrected chi connectivity index (χ0v) is 16.1. The maximum Gasteiger partial charge on any atom is 0.341 e. The monoisotopic (exact) mass is 400 g/mol. The van der Waals surface area contributed by atoms with Gasteiger partial charge in [-0.25, -0.2) is 4.79 Å². The molecule has 0 saturated carbocycles. The summed E-state index contributed by atoms with van der Waals surface area (Å²) in [5, 5.41) is 10.4. The maximum absolute atomic E-state index is 12.1. The number of rotatable bonds is 7. The van der Waals surface area contributed by atoms with Crippen LogP contribution < -0.4 is 10.5 Å². The van der Waals surface area contributed by atoms with Crippen molar-refractivity contribution in [1.82, 2.24) is 4.57 Å². The minimum absolute atomic E-state index is 0.370. The minimum atomic E-state index is -1.07. The van der Waals surface area contributed by atoms with E-state index in [1.165, 1.54) is 0 Å². The molecule has 30 heavy (non-hydrogen) atoms. The Bertz CT molecular complexity index is 1270. The van der Waals surface area contributed by atoms with Gasteiger partial charge in [0.05, 0.1) is 16.4 Å². The van der Waals surface area contributed by atoms with Crippen LogP contribution in [0.5, 0.6) is 5.75 Å². The highest BCUT2D eigenvalue weighted by Crippen LogP contribution is 2.37. The second-order valence-corrected chi connectivity index (χ2v) is 6.82. The van der Waals surface area contributed by atoms with E-state index in [2.05, 4.69) is 4.57 Å². The van der Waals surface area contributed by atoms with Crippen LogP contribution in [0.25, 0.3) is 27.9 Å². The fourth-order valence-corrected chi connectivity index (χ4v) is 3.67. The van der Waals surface area contributed by atoms with Gasteiger partial charge >= 0.3 is 5.97 Å². The van der Waals surface area contributed by atoms with Crippen molar-refractivity contribution in [2.45, 2.75) is 6.54 Å². The molecule has 0 radical (unpaired) electrons. The Kier molecular flexibility index (Phi) is 5.22. The fraction of sp³-hybridized carbons (Fsp3) is 0.0833. The molecule has 1 heterocycles. The molecule has 0 atom stereocenters. The van der Waals surface area contributed by atoms with Crippen molar-refractivity contribution in [3.05, 3.63) is 83.9 Å². The Morgan fingerprint density at radius 1 is 0.933 bits per heavy atom. The second kappa shape index (κ2) is 8.13. The van der Waals surface area contributed by atoms with E-state index < -0.39 is 18.5 Å². The van der Waals surface area contributed by atoms with Gasteiger partial charge in [-0.3, -0.25) is 4.79 Å². The van der Waals surface area contributed by atoms with Crippen molar-refractivity contribution in [2.75, 3.05) is 6.61 Å². The molecule has 0 fully saturated rings. The van der Waals surface area contributed by atoms with E-state index >= 15 is 0 Å². The summed E-state index contributed by atoms with van der Waals surface area (Å²) >= 11 is 0. The van der Waals surface area contributed by atoms with Crippen LogP contribution in [0.1, 0.15) is 15.9 Å². The number of primary amides is 1. The molecular weight excluding hydrogens is 380 g/mol. The molecule has 4 rings (SSSR count). The molecule has 0 aliphatic rings. The number of allylic oxidation sites excluding steroid dienone is 1. The average molecular weight is 400 g/mol. The first-order valence-corrected chi connectivity index (χ1v) is 9.46. The summed E-state index contributed by atoms with van der Waals surface area (Å²) in [6.45, 7) is 0.0813. The van der Waals surface area contributed by atoms with Crippen LogP contribution in [-0.4, -0.2) is 28.2 Å². The number of carbonyl (C=O) groups excluding carboxylic acids is 1. The lowest BCUT2D eigenvalue weighted by Gasteiger charge is -2.07. The van der Waals surface area contributed by atoms with Crippen molar-refractivity contribution in [3.63, 3.8) is 0 Å². The molecule has 1 aromatic heterocycles. The lowest BCUT2D eigenvalue weighted by atomic mass is 10.1. The normalized spacial score (nSPS) is 11.3. The van der Waals surface area contributed by atoms with Crippen LogP contribution in [0, 0.1) is 0 Å². The van der Waals surface area contributed by atoms with Crippen molar-refractivity contribution in [3.8, 4) is 5.75 Å². The van der Waals surface area contributed by atoms with Crippen LogP contribution in [0.15, 0.2) is 72.8 Å². The van der Waals surface area contributed by atoms with Crippen molar-refractivity contribution in [1.29, 1.82) is 0 Å². The van der Waals surface area contributed by atoms with Crippen LogP contribution in [0.3, 0.4) is 0 Å². The first-order chi connectivity index (χ1) is 14.6. The van der Waals surface area contributed by atoms with Gasteiger partial charge < -0.3 is 20.1 Å². The Balaban J connectivity index is 1.89. The second-order valence-electron chi connectivity index (χ2n) is 6.82. The first-order valence-electron chi connectivity index (χ1n) is 9.46. The van der Waals surface area contributed by atoms with Crippen molar-refractivity contribution < 1.29 is 19.4 Å². The SMILES string of the molecule is NC(=O)c1cccc2c1c1c(OCC(=O)O)cccc1n2CC=Cc1ccccc1. The molecule has 3 N–H and O–H groups in total. The molecule has 4 aromatic rings. The summed E-state index contributed by atoms with van der Waals surface area (Å²) < 4.78 is 7.59. The van der Waals surface area contributed by atoms with Gasteiger partial charge in [-0.2, -0.15) is 0 Å². The molecule has 0 spiro atoms. The fourth-order valence-electron chi connectivity index (χ4n) is 3.67. The summed E-state index contributed by atoms with van der Waals surface area (Å²) in [5.41, 5.74) is 8.74. The molecule has 1 amide bonds. The van der Waals surface area contributed by atoms with Crippen molar-refractivity contribution in [2.24, 2.45) is 5.73 Å². The number of aliphatic carboxylic acids is 1. The Morgan fingerprint density at radius 2 is 1.63 bits per heavy atom. The van der Waals surface area contributed by atoms with Gasteiger partial charge in [0.25, 0.3) is 0 Å². The van der Waals surface area contributed by atoms with E-state index in [-0.39, 0.29) is 0 Å². The number of ether oxygens (including phenoxy) is 1. The molecule has 6 heteroatoms. The molecule has 0 saturated heterocycles. The third kappa shape index (κ3) is 3.63. The van der Waals surface area contributed by atoms with Crippen LogP contribution in [0.4, 0.5) is 0 Å². The van der Waals surface area contributed by atoms with Gasteiger partial charge in [0, 0.05) is 17.5 Å². The smallest absolute Gasteiger partial charge is 0.341 e. The Morgan fingerprint density at radius 3 is 2.33 bits per heavy atom. The standard InChI is InChI=1S/C24H20N2O4/c25-24(29)17-10-4-11-18-22(17)23-19(12-5-13-20(23)30-15-21(27)28)26(18)14-6-9-16-7-2-1-3-8-16/h1-13H,14-15H2,(H2,25,29)(H,27,28). The van der Waals surface area contributed by atoms with Crippen LogP contribution in [-0.2, 0) is 11.3 Å². The summed E-state index contributed by atoms with van der Waals surface area (Å²) in [7, 11) is 0. The molecular formula is C24H20N2O4. The van der Waals surface area contributed by atoms with E-state index in [4.69, 9.17) is 15.6 Å². The molecule has 6 nitrogen and oxygen atoms in total. The largest absolute Gasteiger partial charge is 0.481 e. The molecule has 0 aliphatic heterocycles. The molecule has 0 bridgehead atoms. The summed E-state index contributed by atoms with van der Waals surface area (Å²) in [5.74, 6) is -1.22. The van der Waals surface area contributed by atoms with Gasteiger partial charge in [-0.05, 0) is 29.8 Å². The first kappa shape index (κ1) is 19.3. The van der Waals surface area contributed by atoms with Crippen molar-refractivity contribution >= 4 is 39.8 Å². The highest BCUT2D eigenvalue weighted by Gasteiger charge is 2.19. The number of carboxylic acids is 1. The van der Waals surface area contributed by atoms with Gasteiger partial charge in [-0.1, -0.05) is 54.6 Å². The number of hydrogen-bond acceptors (Lipinski definition) is 3.